The van der Waals surface area contributed by atoms with Crippen LogP contribution in [-0.2, 0) is 22.6 Å². The maximum absolute atomic E-state index is 11.9. The highest BCUT2D eigenvalue weighted by Crippen LogP contribution is 2.10. The number of nitrogens with zero attached hydrogens (tertiary/aromatic N) is 2. The Labute approximate surface area is 135 Å². The van der Waals surface area contributed by atoms with Gasteiger partial charge in [-0.15, -0.1) is 0 Å². The van der Waals surface area contributed by atoms with E-state index in [0.717, 1.165) is 18.4 Å². The Kier molecular flexibility index (Phi) is 5.68. The lowest BCUT2D eigenvalue weighted by Crippen LogP contribution is -2.18. The number of carbonyl (C=O) groups is 2. The SMILES string of the molecule is CC(=CC(=O)Nc1cnn(CC(N)=O)c1)CCc1ccccc1. The van der Waals surface area contributed by atoms with Crippen LogP contribution in [0.15, 0.2) is 54.4 Å². The summed E-state index contributed by atoms with van der Waals surface area (Å²) in [5.41, 5.74) is 7.86. The number of amides is 2. The van der Waals surface area contributed by atoms with Crippen molar-refractivity contribution in [3.8, 4) is 0 Å². The third-order valence-corrected chi connectivity index (χ3v) is 3.25. The predicted octanol–water partition coefficient (Wildman–Crippen LogP) is 1.89. The van der Waals surface area contributed by atoms with Crippen LogP contribution in [0.4, 0.5) is 5.69 Å². The molecular weight excluding hydrogens is 292 g/mol. The number of carbonyl (C=O) groups excluding carboxylic acids is 2. The molecule has 6 heteroatoms. The number of hydrogen-bond donors (Lipinski definition) is 2. The van der Waals surface area contributed by atoms with E-state index in [1.54, 1.807) is 12.3 Å². The molecule has 23 heavy (non-hydrogen) atoms. The second-order valence-corrected chi connectivity index (χ2v) is 5.36. The second-order valence-electron chi connectivity index (χ2n) is 5.36. The van der Waals surface area contributed by atoms with E-state index in [2.05, 4.69) is 22.5 Å². The fourth-order valence-corrected chi connectivity index (χ4v) is 2.13. The monoisotopic (exact) mass is 312 g/mol. The first-order valence-electron chi connectivity index (χ1n) is 7.36. The van der Waals surface area contributed by atoms with Gasteiger partial charge in [0, 0.05) is 12.3 Å². The molecule has 120 valence electrons. The first-order valence-corrected chi connectivity index (χ1v) is 7.36. The van der Waals surface area contributed by atoms with Crippen LogP contribution in [0.2, 0.25) is 0 Å². The van der Waals surface area contributed by atoms with Gasteiger partial charge in [0.05, 0.1) is 11.9 Å². The zero-order chi connectivity index (χ0) is 16.7. The number of hydrogen-bond acceptors (Lipinski definition) is 3. The van der Waals surface area contributed by atoms with E-state index in [4.69, 9.17) is 5.73 Å². The molecule has 0 aliphatic heterocycles. The zero-order valence-electron chi connectivity index (χ0n) is 13.0. The molecule has 2 aromatic rings. The standard InChI is InChI=1S/C17H20N4O2/c1-13(7-8-14-5-3-2-4-6-14)9-17(23)20-15-10-19-21(11-15)12-16(18)22/h2-6,9-11H,7-8,12H2,1H3,(H2,18,22)(H,20,23). The van der Waals surface area contributed by atoms with Gasteiger partial charge in [-0.25, -0.2) is 0 Å². The topological polar surface area (TPSA) is 90.0 Å². The molecule has 0 atom stereocenters. The molecule has 1 aromatic heterocycles. The van der Waals surface area contributed by atoms with Gasteiger partial charge < -0.3 is 11.1 Å². The van der Waals surface area contributed by atoms with Crippen molar-refractivity contribution in [2.24, 2.45) is 5.73 Å². The van der Waals surface area contributed by atoms with E-state index in [0.29, 0.717) is 5.69 Å². The quantitative estimate of drug-likeness (QED) is 0.765. The summed E-state index contributed by atoms with van der Waals surface area (Å²) < 4.78 is 1.38. The molecule has 0 saturated heterocycles. The maximum atomic E-state index is 11.9. The number of primary amides is 1. The van der Waals surface area contributed by atoms with Crippen molar-refractivity contribution < 1.29 is 9.59 Å². The summed E-state index contributed by atoms with van der Waals surface area (Å²) in [6, 6.07) is 10.1. The van der Waals surface area contributed by atoms with Crippen LogP contribution in [-0.4, -0.2) is 21.6 Å². The smallest absolute Gasteiger partial charge is 0.248 e. The Balaban J connectivity index is 1.85. The zero-order valence-corrected chi connectivity index (χ0v) is 13.0. The lowest BCUT2D eigenvalue weighted by molar-refractivity contribution is -0.118. The number of benzene rings is 1. The summed E-state index contributed by atoms with van der Waals surface area (Å²) in [7, 11) is 0. The van der Waals surface area contributed by atoms with Crippen LogP contribution in [0.1, 0.15) is 18.9 Å². The first kappa shape index (κ1) is 16.5. The van der Waals surface area contributed by atoms with Crippen LogP contribution in [0, 0.1) is 0 Å². The number of anilines is 1. The van der Waals surface area contributed by atoms with Gasteiger partial charge in [0.1, 0.15) is 6.54 Å². The van der Waals surface area contributed by atoms with Crippen molar-refractivity contribution >= 4 is 17.5 Å². The molecule has 6 nitrogen and oxygen atoms in total. The number of nitrogens with two attached hydrogens (primary N) is 1. The third-order valence-electron chi connectivity index (χ3n) is 3.25. The molecule has 0 fully saturated rings. The fraction of sp³-hybridized carbons (Fsp3) is 0.235. The van der Waals surface area contributed by atoms with Gasteiger partial charge in [0.25, 0.3) is 0 Å². The summed E-state index contributed by atoms with van der Waals surface area (Å²) in [5.74, 6) is -0.697. The average Bonchev–Trinajstić information content (AvgIpc) is 2.92. The second kappa shape index (κ2) is 7.93. The molecule has 0 bridgehead atoms. The Morgan fingerprint density at radius 1 is 1.30 bits per heavy atom. The van der Waals surface area contributed by atoms with Gasteiger partial charge in [0.15, 0.2) is 0 Å². The predicted molar refractivity (Wildman–Crippen MR) is 88.6 cm³/mol. The van der Waals surface area contributed by atoms with Crippen molar-refractivity contribution in [3.05, 3.63) is 59.9 Å². The van der Waals surface area contributed by atoms with Crippen LogP contribution in [0.5, 0.6) is 0 Å². The number of aryl methyl sites for hydroxylation is 1. The first-order chi connectivity index (χ1) is 11.0. The van der Waals surface area contributed by atoms with Gasteiger partial charge in [-0.05, 0) is 25.3 Å². The minimum atomic E-state index is -0.484. The lowest BCUT2D eigenvalue weighted by Gasteiger charge is -2.03. The van der Waals surface area contributed by atoms with E-state index in [1.807, 2.05) is 25.1 Å². The third kappa shape index (κ3) is 5.78. The summed E-state index contributed by atoms with van der Waals surface area (Å²) in [6.45, 7) is 1.92. The lowest BCUT2D eigenvalue weighted by atomic mass is 10.1. The van der Waals surface area contributed by atoms with Crippen molar-refractivity contribution in [2.45, 2.75) is 26.3 Å². The largest absolute Gasteiger partial charge is 0.368 e. The highest BCUT2D eigenvalue weighted by atomic mass is 16.2. The number of aromatic nitrogens is 2. The molecular formula is C17H20N4O2. The number of allylic oxidation sites excluding steroid dienone is 1. The average molecular weight is 312 g/mol. The van der Waals surface area contributed by atoms with E-state index >= 15 is 0 Å². The van der Waals surface area contributed by atoms with Gasteiger partial charge in [-0.1, -0.05) is 35.9 Å². The van der Waals surface area contributed by atoms with Crippen LogP contribution < -0.4 is 11.1 Å². The molecule has 0 radical (unpaired) electrons. The van der Waals surface area contributed by atoms with Crippen molar-refractivity contribution in [3.63, 3.8) is 0 Å². The Morgan fingerprint density at radius 2 is 2.04 bits per heavy atom. The molecule has 0 spiro atoms. The highest BCUT2D eigenvalue weighted by Gasteiger charge is 2.04. The molecule has 1 heterocycles. The molecule has 0 aliphatic rings. The molecule has 0 unspecified atom stereocenters. The van der Waals surface area contributed by atoms with Crippen LogP contribution in [0.3, 0.4) is 0 Å². The normalized spacial score (nSPS) is 11.3. The Bertz CT molecular complexity index is 704. The fourth-order valence-electron chi connectivity index (χ4n) is 2.13. The summed E-state index contributed by atoms with van der Waals surface area (Å²) in [6.07, 6.45) is 6.34. The van der Waals surface area contributed by atoms with E-state index < -0.39 is 5.91 Å². The minimum absolute atomic E-state index is 0.0121. The van der Waals surface area contributed by atoms with Crippen LogP contribution >= 0.6 is 0 Å². The van der Waals surface area contributed by atoms with Crippen molar-refractivity contribution in [2.75, 3.05) is 5.32 Å². The summed E-state index contributed by atoms with van der Waals surface area (Å²) >= 11 is 0. The molecule has 0 aliphatic carbocycles. The molecule has 3 N–H and O–H groups in total. The van der Waals surface area contributed by atoms with E-state index in [9.17, 15) is 9.59 Å². The van der Waals surface area contributed by atoms with Crippen molar-refractivity contribution in [1.29, 1.82) is 0 Å². The van der Waals surface area contributed by atoms with Gasteiger partial charge in [-0.2, -0.15) is 5.10 Å². The summed E-state index contributed by atoms with van der Waals surface area (Å²) in [4.78, 5) is 22.7. The Morgan fingerprint density at radius 3 is 2.74 bits per heavy atom. The molecule has 2 rings (SSSR count). The number of nitrogens with one attached hydrogen (secondary N) is 1. The molecule has 2 amide bonds. The number of rotatable bonds is 7. The van der Waals surface area contributed by atoms with Crippen LogP contribution in [0.25, 0.3) is 0 Å². The van der Waals surface area contributed by atoms with Crippen molar-refractivity contribution in [1.82, 2.24) is 9.78 Å². The highest BCUT2D eigenvalue weighted by molar-refractivity contribution is 5.99. The minimum Gasteiger partial charge on any atom is -0.368 e. The van der Waals surface area contributed by atoms with E-state index in [-0.39, 0.29) is 12.5 Å². The van der Waals surface area contributed by atoms with E-state index in [1.165, 1.54) is 16.4 Å². The van der Waals surface area contributed by atoms with Gasteiger partial charge in [-0.3, -0.25) is 14.3 Å². The summed E-state index contributed by atoms with van der Waals surface area (Å²) in [5, 5.41) is 6.66. The van der Waals surface area contributed by atoms with Gasteiger partial charge >= 0.3 is 0 Å². The Hall–Kier alpha value is -2.89. The molecule has 0 saturated carbocycles. The maximum Gasteiger partial charge on any atom is 0.248 e. The van der Waals surface area contributed by atoms with Gasteiger partial charge in [0.2, 0.25) is 11.8 Å². The molecule has 1 aromatic carbocycles.